The fourth-order valence-electron chi connectivity index (χ4n) is 6.59. The molecule has 3 aromatic carbocycles. The minimum atomic E-state index is -4.80. The molecule has 0 bridgehead atoms. The zero-order valence-corrected chi connectivity index (χ0v) is 31.5. The van der Waals surface area contributed by atoms with Gasteiger partial charge in [-0.2, -0.15) is 23.7 Å². The van der Waals surface area contributed by atoms with Gasteiger partial charge in [0.2, 0.25) is 0 Å². The van der Waals surface area contributed by atoms with Crippen LogP contribution in [0.25, 0.3) is 17.1 Å². The van der Waals surface area contributed by atoms with Crippen LogP contribution >= 0.6 is 34.8 Å². The van der Waals surface area contributed by atoms with Crippen molar-refractivity contribution in [1.29, 1.82) is 10.5 Å². The Morgan fingerprint density at radius 3 is 1.85 bits per heavy atom. The first-order chi connectivity index (χ1) is 26.0. The van der Waals surface area contributed by atoms with Gasteiger partial charge in [-0.1, -0.05) is 78.1 Å². The van der Waals surface area contributed by atoms with Crippen molar-refractivity contribution in [1.82, 2.24) is 45.0 Å². The van der Waals surface area contributed by atoms with Crippen LogP contribution in [0.4, 0.5) is 22.0 Å². The van der Waals surface area contributed by atoms with Crippen molar-refractivity contribution in [2.24, 2.45) is 0 Å². The molecule has 19 heteroatoms. The molecule has 3 aromatic heterocycles. The monoisotopic (exact) mass is 813 g/mol. The van der Waals surface area contributed by atoms with Crippen LogP contribution in [0.3, 0.4) is 0 Å². The number of benzene rings is 3. The molecule has 6 aromatic rings. The third kappa shape index (κ3) is 7.76. The summed E-state index contributed by atoms with van der Waals surface area (Å²) in [5, 5.41) is 41.7. The van der Waals surface area contributed by atoms with Gasteiger partial charge in [-0.25, -0.2) is 22.8 Å². The lowest BCUT2D eigenvalue weighted by molar-refractivity contribution is -0.141. The number of nitrogens with zero attached hydrogens (tertiary/aromatic N) is 11. The van der Waals surface area contributed by atoms with Gasteiger partial charge in [-0.05, 0) is 77.6 Å². The predicted molar refractivity (Wildman–Crippen MR) is 192 cm³/mol. The number of halogens is 8. The highest BCUT2D eigenvalue weighted by molar-refractivity contribution is 6.31. The molecule has 6 rings (SSSR count). The minimum Gasteiger partial charge on any atom is -0.219 e. The standard InChI is InChI=1S/C36H27Cl3F5N11/c1-17(2)30-33(41)27(39)10-21(35(30)55-16-29(49-52-55)36(42,43)44)7-18(3)25-11-22(37)9-20(34(25)54-15-24(13-46)48-51-54)8-19(4)31-28(6-5-26(38)32(31)40)53-14-23(12-45)47-50-53/h5-6,9-11,14-19H,7-8H2,1-4H3. The van der Waals surface area contributed by atoms with E-state index in [1.165, 1.54) is 33.9 Å². The van der Waals surface area contributed by atoms with E-state index in [-0.39, 0.29) is 61.8 Å². The maximum atomic E-state index is 15.9. The van der Waals surface area contributed by atoms with Gasteiger partial charge in [0, 0.05) is 16.1 Å². The number of aromatic nitrogens is 9. The number of alkyl halides is 3. The number of rotatable bonds is 10. The fourth-order valence-corrected chi connectivity index (χ4v) is 7.24. The Balaban J connectivity index is 1.50. The maximum Gasteiger partial charge on any atom is 0.436 e. The van der Waals surface area contributed by atoms with E-state index in [0.717, 1.165) is 4.68 Å². The summed E-state index contributed by atoms with van der Waals surface area (Å²) in [6.45, 7) is 6.91. The molecule has 0 spiro atoms. The molecule has 0 saturated heterocycles. The van der Waals surface area contributed by atoms with Crippen LogP contribution < -0.4 is 0 Å². The molecular weight excluding hydrogens is 788 g/mol. The highest BCUT2D eigenvalue weighted by atomic mass is 35.5. The summed E-state index contributed by atoms with van der Waals surface area (Å²) in [5.41, 5.74) is 1.18. The summed E-state index contributed by atoms with van der Waals surface area (Å²) in [6, 6.07) is 11.4. The Morgan fingerprint density at radius 2 is 1.25 bits per heavy atom. The van der Waals surface area contributed by atoms with Crippen molar-refractivity contribution >= 4 is 34.8 Å². The zero-order valence-electron chi connectivity index (χ0n) is 29.2. The van der Waals surface area contributed by atoms with Crippen LogP contribution in [0, 0.1) is 34.3 Å². The molecule has 0 saturated carbocycles. The van der Waals surface area contributed by atoms with Gasteiger partial charge in [0.1, 0.15) is 23.8 Å². The van der Waals surface area contributed by atoms with Crippen LogP contribution in [0.2, 0.25) is 15.1 Å². The first-order valence-corrected chi connectivity index (χ1v) is 17.6. The largest absolute Gasteiger partial charge is 0.436 e. The van der Waals surface area contributed by atoms with E-state index in [1.54, 1.807) is 39.0 Å². The lowest BCUT2D eigenvalue weighted by atomic mass is 9.85. The normalized spacial score (nSPS) is 12.9. The van der Waals surface area contributed by atoms with Gasteiger partial charge in [0.25, 0.3) is 0 Å². The second kappa shape index (κ2) is 15.4. The smallest absolute Gasteiger partial charge is 0.219 e. The van der Waals surface area contributed by atoms with E-state index in [9.17, 15) is 23.7 Å². The topological polar surface area (TPSA) is 140 Å². The second-order valence-corrected chi connectivity index (χ2v) is 14.4. The lowest BCUT2D eigenvalue weighted by Gasteiger charge is -2.25. The zero-order chi connectivity index (χ0) is 39.9. The molecular formula is C36H27Cl3F5N11. The molecule has 0 aliphatic carbocycles. The molecule has 11 nitrogen and oxygen atoms in total. The molecule has 0 aliphatic rings. The van der Waals surface area contributed by atoms with Crippen LogP contribution in [0.15, 0.2) is 48.9 Å². The van der Waals surface area contributed by atoms with Gasteiger partial charge >= 0.3 is 6.18 Å². The number of hydrogen-bond donors (Lipinski definition) is 0. The summed E-state index contributed by atoms with van der Waals surface area (Å²) in [6.07, 6.45) is -1.17. The molecule has 0 aliphatic heterocycles. The van der Waals surface area contributed by atoms with Crippen molar-refractivity contribution in [3.8, 4) is 29.2 Å². The molecule has 282 valence electrons. The summed E-state index contributed by atoms with van der Waals surface area (Å²) >= 11 is 19.4. The summed E-state index contributed by atoms with van der Waals surface area (Å²) < 4.78 is 76.0. The first kappa shape index (κ1) is 39.3. The molecule has 3 heterocycles. The van der Waals surface area contributed by atoms with E-state index in [2.05, 4.69) is 30.9 Å². The van der Waals surface area contributed by atoms with Crippen LogP contribution in [-0.2, 0) is 19.0 Å². The molecule has 2 atom stereocenters. The van der Waals surface area contributed by atoms with Gasteiger partial charge in [-0.3, -0.25) is 0 Å². The molecule has 0 radical (unpaired) electrons. The Labute approximate surface area is 325 Å². The highest BCUT2D eigenvalue weighted by Gasteiger charge is 2.36. The highest BCUT2D eigenvalue weighted by Crippen LogP contribution is 2.40. The minimum absolute atomic E-state index is 0.00367. The molecule has 0 amide bonds. The van der Waals surface area contributed by atoms with Crippen molar-refractivity contribution < 1.29 is 22.0 Å². The van der Waals surface area contributed by atoms with Gasteiger partial charge in [0.05, 0.1) is 45.7 Å². The van der Waals surface area contributed by atoms with Crippen molar-refractivity contribution in [2.45, 2.75) is 64.5 Å². The maximum absolute atomic E-state index is 15.9. The van der Waals surface area contributed by atoms with Crippen LogP contribution in [0.5, 0.6) is 0 Å². The van der Waals surface area contributed by atoms with Crippen molar-refractivity contribution in [3.63, 3.8) is 0 Å². The van der Waals surface area contributed by atoms with E-state index in [1.807, 2.05) is 19.1 Å². The Morgan fingerprint density at radius 1 is 0.691 bits per heavy atom. The average Bonchev–Trinajstić information content (AvgIpc) is 3.91. The predicted octanol–water partition coefficient (Wildman–Crippen LogP) is 9.25. The van der Waals surface area contributed by atoms with Crippen molar-refractivity contribution in [3.05, 3.63) is 121 Å². The molecule has 2 unspecified atom stereocenters. The van der Waals surface area contributed by atoms with E-state index < -0.39 is 41.3 Å². The molecule has 0 N–H and O–H groups in total. The van der Waals surface area contributed by atoms with E-state index in [4.69, 9.17) is 34.8 Å². The fraction of sp³-hybridized carbons (Fsp3) is 0.278. The molecule has 0 fully saturated rings. The summed E-state index contributed by atoms with van der Waals surface area (Å²) in [7, 11) is 0. The quantitative estimate of drug-likeness (QED) is 0.125. The number of hydrogen-bond acceptors (Lipinski definition) is 8. The first-order valence-electron chi connectivity index (χ1n) is 16.5. The van der Waals surface area contributed by atoms with Gasteiger partial charge < -0.3 is 0 Å². The van der Waals surface area contributed by atoms with Crippen molar-refractivity contribution in [2.75, 3.05) is 0 Å². The lowest BCUT2D eigenvalue weighted by Crippen LogP contribution is -2.15. The third-order valence-electron chi connectivity index (χ3n) is 8.96. The second-order valence-electron chi connectivity index (χ2n) is 13.1. The summed E-state index contributed by atoms with van der Waals surface area (Å²) in [5.74, 6) is -3.22. The molecule has 55 heavy (non-hydrogen) atoms. The van der Waals surface area contributed by atoms with E-state index in [0.29, 0.717) is 28.6 Å². The van der Waals surface area contributed by atoms with E-state index >= 15 is 8.78 Å². The van der Waals surface area contributed by atoms with Crippen LogP contribution in [0.1, 0.15) is 90.3 Å². The van der Waals surface area contributed by atoms with Gasteiger partial charge in [0.15, 0.2) is 17.1 Å². The van der Waals surface area contributed by atoms with Crippen LogP contribution in [-0.4, -0.2) is 45.0 Å². The Bertz CT molecular complexity index is 2510. The summed E-state index contributed by atoms with van der Waals surface area (Å²) in [4.78, 5) is 0. The average molecular weight is 815 g/mol. The SMILES string of the molecule is CC(C)c1c(F)c(Cl)cc(CC(C)c2cc(Cl)cc(CC(C)c3c(-n4cc(C#N)nn4)ccc(Cl)c3F)c2-n2cc(C#N)nn2)c1-n1cc(C(F)(F)F)nn1. The Kier molecular flexibility index (Phi) is 11.0. The Hall–Kier alpha value is -5.42. The number of nitriles is 2. The third-order valence-corrected chi connectivity index (χ3v) is 9.74. The van der Waals surface area contributed by atoms with Gasteiger partial charge in [-0.15, -0.1) is 15.3 Å².